The van der Waals surface area contributed by atoms with Crippen molar-refractivity contribution in [2.45, 2.75) is 32.3 Å². The first-order valence-corrected chi connectivity index (χ1v) is 5.57. The van der Waals surface area contributed by atoms with Gasteiger partial charge >= 0.3 is 0 Å². The molecule has 0 saturated carbocycles. The van der Waals surface area contributed by atoms with E-state index in [2.05, 4.69) is 23.7 Å². The SMILES string of the molecule is CC#CC#CC(O)c1ccc(CCCCO)o1. The van der Waals surface area contributed by atoms with Crippen molar-refractivity contribution in [1.82, 2.24) is 0 Å². The highest BCUT2D eigenvalue weighted by Gasteiger charge is 2.09. The fraction of sp³-hybridized carbons (Fsp3) is 0.429. The smallest absolute Gasteiger partial charge is 0.173 e. The van der Waals surface area contributed by atoms with Gasteiger partial charge in [0.05, 0.1) is 0 Å². The van der Waals surface area contributed by atoms with Crippen molar-refractivity contribution < 1.29 is 14.6 Å². The Labute approximate surface area is 101 Å². The molecule has 0 spiro atoms. The van der Waals surface area contributed by atoms with Gasteiger partial charge < -0.3 is 14.6 Å². The summed E-state index contributed by atoms with van der Waals surface area (Å²) >= 11 is 0. The van der Waals surface area contributed by atoms with E-state index in [4.69, 9.17) is 9.52 Å². The average molecular weight is 232 g/mol. The van der Waals surface area contributed by atoms with Gasteiger partial charge in [-0.25, -0.2) is 0 Å². The molecule has 0 bridgehead atoms. The van der Waals surface area contributed by atoms with Crippen LogP contribution in [0.1, 0.15) is 37.4 Å². The third-order valence-electron chi connectivity index (χ3n) is 2.18. The molecule has 0 amide bonds. The van der Waals surface area contributed by atoms with Gasteiger partial charge in [0.1, 0.15) is 11.5 Å². The van der Waals surface area contributed by atoms with Gasteiger partial charge in [0.2, 0.25) is 0 Å². The van der Waals surface area contributed by atoms with Crippen molar-refractivity contribution in [3.05, 3.63) is 23.7 Å². The summed E-state index contributed by atoms with van der Waals surface area (Å²) < 4.78 is 5.44. The van der Waals surface area contributed by atoms with Crippen molar-refractivity contribution in [2.24, 2.45) is 0 Å². The third-order valence-corrected chi connectivity index (χ3v) is 2.18. The summed E-state index contributed by atoms with van der Waals surface area (Å²) in [5.74, 6) is 11.5. The monoisotopic (exact) mass is 232 g/mol. The fourth-order valence-corrected chi connectivity index (χ4v) is 1.32. The molecule has 0 aliphatic heterocycles. The minimum absolute atomic E-state index is 0.192. The van der Waals surface area contributed by atoms with E-state index in [1.807, 2.05) is 6.07 Å². The van der Waals surface area contributed by atoms with Crippen molar-refractivity contribution in [2.75, 3.05) is 6.61 Å². The minimum Gasteiger partial charge on any atom is -0.462 e. The fourth-order valence-electron chi connectivity index (χ4n) is 1.32. The summed E-state index contributed by atoms with van der Waals surface area (Å²) in [4.78, 5) is 0. The molecule has 0 aliphatic rings. The van der Waals surface area contributed by atoms with Crippen molar-refractivity contribution in [3.8, 4) is 23.7 Å². The Morgan fingerprint density at radius 2 is 2.12 bits per heavy atom. The summed E-state index contributed by atoms with van der Waals surface area (Å²) in [5, 5.41) is 18.3. The Morgan fingerprint density at radius 1 is 1.29 bits per heavy atom. The van der Waals surface area contributed by atoms with E-state index < -0.39 is 6.10 Å². The number of hydrogen-bond acceptors (Lipinski definition) is 3. The molecule has 0 saturated heterocycles. The van der Waals surface area contributed by atoms with Crippen LogP contribution in [-0.2, 0) is 6.42 Å². The number of aliphatic hydroxyl groups excluding tert-OH is 2. The Bertz CT molecular complexity index is 451. The Kier molecular flexibility index (Phi) is 5.96. The molecule has 0 fully saturated rings. The van der Waals surface area contributed by atoms with Crippen LogP contribution in [0.3, 0.4) is 0 Å². The zero-order valence-electron chi connectivity index (χ0n) is 9.86. The molecular formula is C14H16O3. The van der Waals surface area contributed by atoms with Gasteiger partial charge in [0.15, 0.2) is 6.10 Å². The minimum atomic E-state index is -0.928. The average Bonchev–Trinajstić information content (AvgIpc) is 2.78. The van der Waals surface area contributed by atoms with Crippen LogP contribution in [0.4, 0.5) is 0 Å². The maximum atomic E-state index is 9.66. The number of unbranched alkanes of at least 4 members (excludes halogenated alkanes) is 1. The first kappa shape index (κ1) is 13.4. The topological polar surface area (TPSA) is 53.6 Å². The maximum absolute atomic E-state index is 9.66. The van der Waals surface area contributed by atoms with Crippen LogP contribution < -0.4 is 0 Å². The lowest BCUT2D eigenvalue weighted by Crippen LogP contribution is -1.91. The number of furan rings is 1. The molecule has 1 rings (SSSR count). The summed E-state index contributed by atoms with van der Waals surface area (Å²) in [5.41, 5.74) is 0. The van der Waals surface area contributed by atoms with E-state index >= 15 is 0 Å². The van der Waals surface area contributed by atoms with Crippen LogP contribution in [-0.4, -0.2) is 16.8 Å². The Balaban J connectivity index is 2.54. The van der Waals surface area contributed by atoms with Crippen molar-refractivity contribution in [1.29, 1.82) is 0 Å². The quantitative estimate of drug-likeness (QED) is 0.599. The molecule has 17 heavy (non-hydrogen) atoms. The lowest BCUT2D eigenvalue weighted by Gasteiger charge is -1.98. The molecule has 1 heterocycles. The highest BCUT2D eigenvalue weighted by Crippen LogP contribution is 2.17. The van der Waals surface area contributed by atoms with Crippen LogP contribution in [0.15, 0.2) is 16.5 Å². The molecule has 1 unspecified atom stereocenters. The molecular weight excluding hydrogens is 216 g/mol. The van der Waals surface area contributed by atoms with Gasteiger partial charge in [-0.05, 0) is 49.7 Å². The standard InChI is InChI=1S/C14H16O3/c1-2-3-4-8-13(16)14-10-9-12(17-14)7-5-6-11-15/h9-10,13,15-16H,5-7,11H2,1H3. The van der Waals surface area contributed by atoms with Crippen LogP contribution >= 0.6 is 0 Å². The highest BCUT2D eigenvalue weighted by atomic mass is 16.4. The van der Waals surface area contributed by atoms with E-state index in [1.165, 1.54) is 0 Å². The predicted octanol–water partition coefficient (Wildman–Crippen LogP) is 1.65. The van der Waals surface area contributed by atoms with Gasteiger partial charge in [0, 0.05) is 13.0 Å². The molecule has 90 valence electrons. The second-order valence-electron chi connectivity index (χ2n) is 3.53. The largest absolute Gasteiger partial charge is 0.462 e. The number of aliphatic hydroxyl groups is 2. The van der Waals surface area contributed by atoms with Crippen molar-refractivity contribution >= 4 is 0 Å². The van der Waals surface area contributed by atoms with Crippen LogP contribution in [0.2, 0.25) is 0 Å². The molecule has 0 radical (unpaired) electrons. The van der Waals surface area contributed by atoms with Gasteiger partial charge in [0.25, 0.3) is 0 Å². The molecule has 1 aromatic rings. The molecule has 0 aliphatic carbocycles. The predicted molar refractivity (Wildman–Crippen MR) is 64.9 cm³/mol. The van der Waals surface area contributed by atoms with E-state index in [1.54, 1.807) is 13.0 Å². The van der Waals surface area contributed by atoms with Crippen LogP contribution in [0.25, 0.3) is 0 Å². The first-order valence-electron chi connectivity index (χ1n) is 5.57. The molecule has 3 nitrogen and oxygen atoms in total. The van der Waals surface area contributed by atoms with E-state index in [0.717, 1.165) is 25.0 Å². The summed E-state index contributed by atoms with van der Waals surface area (Å²) in [7, 11) is 0. The van der Waals surface area contributed by atoms with Gasteiger partial charge in [-0.1, -0.05) is 5.92 Å². The number of hydrogen-bond donors (Lipinski definition) is 2. The molecule has 2 N–H and O–H groups in total. The van der Waals surface area contributed by atoms with E-state index in [-0.39, 0.29) is 6.61 Å². The molecule has 3 heteroatoms. The lowest BCUT2D eigenvalue weighted by atomic mass is 10.2. The van der Waals surface area contributed by atoms with Gasteiger partial charge in [-0.2, -0.15) is 0 Å². The zero-order valence-corrected chi connectivity index (χ0v) is 9.86. The lowest BCUT2D eigenvalue weighted by molar-refractivity contribution is 0.203. The first-order chi connectivity index (χ1) is 8.27. The summed E-state index contributed by atoms with van der Waals surface area (Å²) in [6.45, 7) is 1.88. The molecule has 1 atom stereocenters. The zero-order chi connectivity index (χ0) is 12.5. The number of rotatable bonds is 5. The summed E-state index contributed by atoms with van der Waals surface area (Å²) in [6, 6.07) is 3.54. The maximum Gasteiger partial charge on any atom is 0.173 e. The third kappa shape index (κ3) is 4.78. The Morgan fingerprint density at radius 3 is 2.82 bits per heavy atom. The molecule has 0 aromatic carbocycles. The normalized spacial score (nSPS) is 11.0. The Hall–Kier alpha value is -1.68. The van der Waals surface area contributed by atoms with Crippen LogP contribution in [0.5, 0.6) is 0 Å². The van der Waals surface area contributed by atoms with Crippen molar-refractivity contribution in [3.63, 3.8) is 0 Å². The van der Waals surface area contributed by atoms with Gasteiger partial charge in [-0.15, -0.1) is 0 Å². The van der Waals surface area contributed by atoms with E-state index in [0.29, 0.717) is 5.76 Å². The second kappa shape index (κ2) is 7.57. The second-order valence-corrected chi connectivity index (χ2v) is 3.53. The van der Waals surface area contributed by atoms with E-state index in [9.17, 15) is 5.11 Å². The highest BCUT2D eigenvalue weighted by molar-refractivity contribution is 5.29. The number of aryl methyl sites for hydroxylation is 1. The molecule has 1 aromatic heterocycles. The van der Waals surface area contributed by atoms with Gasteiger partial charge in [-0.3, -0.25) is 0 Å². The van der Waals surface area contributed by atoms with Crippen LogP contribution in [0, 0.1) is 23.7 Å². The summed E-state index contributed by atoms with van der Waals surface area (Å²) in [6.07, 6.45) is 1.45.